The number of fused-ring (bicyclic) bond motifs is 1. The fourth-order valence-electron chi connectivity index (χ4n) is 3.41. The number of rotatable bonds is 5. The monoisotopic (exact) mass is 263 g/mol. The average molecular weight is 263 g/mol. The van der Waals surface area contributed by atoms with Crippen LogP contribution in [0.1, 0.15) is 25.5 Å². The van der Waals surface area contributed by atoms with E-state index in [2.05, 4.69) is 22.0 Å². The first kappa shape index (κ1) is 13.2. The van der Waals surface area contributed by atoms with Crippen LogP contribution in [-0.2, 0) is 6.54 Å². The molecule has 0 bridgehead atoms. The Labute approximate surface area is 115 Å². The molecular weight excluding hydrogens is 238 g/mol. The fourth-order valence-corrected chi connectivity index (χ4v) is 3.41. The lowest BCUT2D eigenvalue weighted by molar-refractivity contribution is 0.0602. The number of furan rings is 1. The predicted octanol–water partition coefficient (Wildman–Crippen LogP) is 1.54. The van der Waals surface area contributed by atoms with E-state index in [1.807, 2.05) is 12.1 Å². The molecule has 0 radical (unpaired) electrons. The Morgan fingerprint density at radius 2 is 2.37 bits per heavy atom. The maximum Gasteiger partial charge on any atom is 0.117 e. The molecule has 106 valence electrons. The van der Waals surface area contributed by atoms with E-state index in [9.17, 15) is 0 Å². The molecule has 2 fully saturated rings. The summed E-state index contributed by atoms with van der Waals surface area (Å²) in [7, 11) is 0. The van der Waals surface area contributed by atoms with Gasteiger partial charge in [0.2, 0.25) is 0 Å². The summed E-state index contributed by atoms with van der Waals surface area (Å²) in [6.45, 7) is 9.21. The van der Waals surface area contributed by atoms with Gasteiger partial charge in [-0.05, 0) is 38.4 Å². The highest BCUT2D eigenvalue weighted by Gasteiger charge is 2.33. The molecule has 1 aromatic heterocycles. The molecule has 2 atom stereocenters. The molecule has 2 saturated heterocycles. The molecule has 0 aliphatic carbocycles. The highest BCUT2D eigenvalue weighted by atomic mass is 16.3. The first-order valence-corrected chi connectivity index (χ1v) is 7.54. The molecule has 0 aromatic carbocycles. The van der Waals surface area contributed by atoms with Gasteiger partial charge < -0.3 is 9.73 Å². The third-order valence-corrected chi connectivity index (χ3v) is 4.52. The van der Waals surface area contributed by atoms with Crippen LogP contribution in [0.2, 0.25) is 0 Å². The van der Waals surface area contributed by atoms with Crippen molar-refractivity contribution in [3.63, 3.8) is 0 Å². The highest BCUT2D eigenvalue weighted by molar-refractivity contribution is 4.97. The topological polar surface area (TPSA) is 31.6 Å². The van der Waals surface area contributed by atoms with E-state index < -0.39 is 0 Å². The van der Waals surface area contributed by atoms with Gasteiger partial charge in [0, 0.05) is 38.3 Å². The second-order valence-electron chi connectivity index (χ2n) is 5.89. The van der Waals surface area contributed by atoms with Crippen molar-refractivity contribution in [2.24, 2.45) is 0 Å². The molecular formula is C15H25N3O. The minimum absolute atomic E-state index is 0.694. The molecule has 4 nitrogen and oxygen atoms in total. The van der Waals surface area contributed by atoms with Crippen LogP contribution < -0.4 is 5.32 Å². The molecule has 2 aliphatic heterocycles. The van der Waals surface area contributed by atoms with Crippen molar-refractivity contribution >= 4 is 0 Å². The fraction of sp³-hybridized carbons (Fsp3) is 0.733. The van der Waals surface area contributed by atoms with Crippen LogP contribution in [-0.4, -0.2) is 54.6 Å². The van der Waals surface area contributed by atoms with E-state index in [1.165, 1.54) is 32.5 Å². The molecule has 19 heavy (non-hydrogen) atoms. The Kier molecular flexibility index (Phi) is 4.21. The van der Waals surface area contributed by atoms with Gasteiger partial charge in [0.1, 0.15) is 5.76 Å². The van der Waals surface area contributed by atoms with Crippen molar-refractivity contribution in [2.45, 2.75) is 38.4 Å². The molecule has 2 aliphatic rings. The zero-order valence-corrected chi connectivity index (χ0v) is 11.8. The van der Waals surface area contributed by atoms with Gasteiger partial charge in [0.15, 0.2) is 0 Å². The summed E-state index contributed by atoms with van der Waals surface area (Å²) in [6, 6.07) is 5.48. The van der Waals surface area contributed by atoms with Gasteiger partial charge in [-0.3, -0.25) is 9.80 Å². The van der Waals surface area contributed by atoms with Crippen LogP contribution in [0.3, 0.4) is 0 Å². The van der Waals surface area contributed by atoms with Crippen LogP contribution in [0.5, 0.6) is 0 Å². The van der Waals surface area contributed by atoms with Gasteiger partial charge >= 0.3 is 0 Å². The quantitative estimate of drug-likeness (QED) is 0.817. The van der Waals surface area contributed by atoms with Crippen molar-refractivity contribution in [3.05, 3.63) is 24.2 Å². The third kappa shape index (κ3) is 3.19. The first-order chi connectivity index (χ1) is 9.33. The lowest BCUT2D eigenvalue weighted by Crippen LogP contribution is -2.55. The maximum atomic E-state index is 5.32. The normalized spacial score (nSPS) is 28.7. The molecule has 1 aromatic rings. The molecule has 0 saturated carbocycles. The zero-order chi connectivity index (χ0) is 13.1. The van der Waals surface area contributed by atoms with E-state index in [0.29, 0.717) is 6.04 Å². The number of piperazine rings is 1. The summed E-state index contributed by atoms with van der Waals surface area (Å²) in [5.41, 5.74) is 0. The van der Waals surface area contributed by atoms with Crippen LogP contribution >= 0.6 is 0 Å². The smallest absolute Gasteiger partial charge is 0.117 e. The van der Waals surface area contributed by atoms with E-state index in [-0.39, 0.29) is 0 Å². The van der Waals surface area contributed by atoms with Crippen molar-refractivity contribution in [2.75, 3.05) is 32.7 Å². The maximum absolute atomic E-state index is 5.32. The van der Waals surface area contributed by atoms with E-state index in [1.54, 1.807) is 6.26 Å². The lowest BCUT2D eigenvalue weighted by atomic mass is 10.1. The Bertz CT molecular complexity index is 379. The second kappa shape index (κ2) is 6.07. The van der Waals surface area contributed by atoms with Crippen molar-refractivity contribution in [1.82, 2.24) is 15.1 Å². The van der Waals surface area contributed by atoms with Gasteiger partial charge in [-0.1, -0.05) is 0 Å². The van der Waals surface area contributed by atoms with Crippen molar-refractivity contribution in [1.29, 1.82) is 0 Å². The molecule has 3 heterocycles. The van der Waals surface area contributed by atoms with Crippen molar-refractivity contribution in [3.8, 4) is 0 Å². The molecule has 0 spiro atoms. The van der Waals surface area contributed by atoms with Crippen molar-refractivity contribution < 1.29 is 4.42 Å². The number of nitrogens with zero attached hydrogens (tertiary/aromatic N) is 2. The SMILES string of the molecule is CC1CN2CCCC2CN1CCNCc1ccco1. The number of hydrogen-bond donors (Lipinski definition) is 1. The molecule has 0 amide bonds. The Hall–Kier alpha value is -0.840. The first-order valence-electron chi connectivity index (χ1n) is 7.54. The van der Waals surface area contributed by atoms with Crippen LogP contribution in [0, 0.1) is 0 Å². The van der Waals surface area contributed by atoms with E-state index in [0.717, 1.165) is 31.4 Å². The number of hydrogen-bond acceptors (Lipinski definition) is 4. The second-order valence-corrected chi connectivity index (χ2v) is 5.89. The minimum Gasteiger partial charge on any atom is -0.468 e. The summed E-state index contributed by atoms with van der Waals surface area (Å²) >= 11 is 0. The van der Waals surface area contributed by atoms with Crippen LogP contribution in [0.25, 0.3) is 0 Å². The molecule has 3 rings (SSSR count). The van der Waals surface area contributed by atoms with Crippen LogP contribution in [0.4, 0.5) is 0 Å². The largest absolute Gasteiger partial charge is 0.468 e. The summed E-state index contributed by atoms with van der Waals surface area (Å²) in [4.78, 5) is 5.32. The lowest BCUT2D eigenvalue weighted by Gasteiger charge is -2.42. The standard InChI is InChI=1S/C15H25N3O/c1-13-11-18-7-2-4-14(18)12-17(13)8-6-16-10-15-5-3-9-19-15/h3,5,9,13-14,16H,2,4,6-8,10-12H2,1H3. The summed E-state index contributed by atoms with van der Waals surface area (Å²) in [5, 5.41) is 3.47. The Balaban J connectivity index is 1.39. The number of nitrogens with one attached hydrogen (secondary N) is 1. The minimum atomic E-state index is 0.694. The van der Waals surface area contributed by atoms with E-state index in [4.69, 9.17) is 4.42 Å². The van der Waals surface area contributed by atoms with Gasteiger partial charge in [-0.25, -0.2) is 0 Å². The summed E-state index contributed by atoms with van der Waals surface area (Å²) < 4.78 is 5.32. The summed E-state index contributed by atoms with van der Waals surface area (Å²) in [5.74, 6) is 1.02. The average Bonchev–Trinajstić information content (AvgIpc) is 3.05. The predicted molar refractivity (Wildman–Crippen MR) is 76.0 cm³/mol. The summed E-state index contributed by atoms with van der Waals surface area (Å²) in [6.07, 6.45) is 4.52. The van der Waals surface area contributed by atoms with Gasteiger partial charge in [0.25, 0.3) is 0 Å². The van der Waals surface area contributed by atoms with Gasteiger partial charge in [0.05, 0.1) is 12.8 Å². The van der Waals surface area contributed by atoms with Crippen LogP contribution in [0.15, 0.2) is 22.8 Å². The van der Waals surface area contributed by atoms with E-state index >= 15 is 0 Å². The van der Waals surface area contributed by atoms with Gasteiger partial charge in [-0.15, -0.1) is 0 Å². The third-order valence-electron chi connectivity index (χ3n) is 4.52. The highest BCUT2D eigenvalue weighted by Crippen LogP contribution is 2.24. The Morgan fingerprint density at radius 1 is 1.42 bits per heavy atom. The zero-order valence-electron chi connectivity index (χ0n) is 11.8. The molecule has 2 unspecified atom stereocenters. The van der Waals surface area contributed by atoms with Gasteiger partial charge in [-0.2, -0.15) is 0 Å². The molecule has 4 heteroatoms. The Morgan fingerprint density at radius 3 is 3.21 bits per heavy atom. The molecule has 1 N–H and O–H groups in total.